The first kappa shape index (κ1) is 15.7. The van der Waals surface area contributed by atoms with Gasteiger partial charge in [-0.25, -0.2) is 9.67 Å². The highest BCUT2D eigenvalue weighted by Gasteiger charge is 2.15. The van der Waals surface area contributed by atoms with Crippen LogP contribution in [0, 0.1) is 10.1 Å². The first-order valence-electron chi connectivity index (χ1n) is 8.05. The van der Waals surface area contributed by atoms with Crippen LogP contribution in [-0.4, -0.2) is 19.7 Å². The fourth-order valence-corrected chi connectivity index (χ4v) is 2.69. The molecule has 3 aromatic carbocycles. The smallest absolute Gasteiger partial charge is 0.258 e. The zero-order valence-electron chi connectivity index (χ0n) is 13.7. The van der Waals surface area contributed by atoms with Gasteiger partial charge < -0.3 is 0 Å². The molecule has 0 bridgehead atoms. The molecule has 4 aromatic rings. The first-order chi connectivity index (χ1) is 12.7. The van der Waals surface area contributed by atoms with Gasteiger partial charge in [-0.2, -0.15) is 0 Å². The van der Waals surface area contributed by atoms with Gasteiger partial charge in [-0.1, -0.05) is 48.5 Å². The summed E-state index contributed by atoms with van der Waals surface area (Å²) < 4.78 is 1.78. The van der Waals surface area contributed by atoms with Crippen molar-refractivity contribution < 1.29 is 4.92 Å². The van der Waals surface area contributed by atoms with Gasteiger partial charge in [0.05, 0.1) is 10.6 Å². The Hall–Kier alpha value is -3.80. The van der Waals surface area contributed by atoms with Crippen molar-refractivity contribution in [2.24, 2.45) is 0 Å². The molecule has 6 heteroatoms. The fraction of sp³-hybridized carbons (Fsp3) is 0. The molecule has 26 heavy (non-hydrogen) atoms. The molecule has 0 fully saturated rings. The maximum absolute atomic E-state index is 10.8. The van der Waals surface area contributed by atoms with Crippen LogP contribution in [0.5, 0.6) is 0 Å². The summed E-state index contributed by atoms with van der Waals surface area (Å²) in [7, 11) is 0. The molecule has 0 aliphatic carbocycles. The molecule has 0 aliphatic heterocycles. The van der Waals surface area contributed by atoms with Crippen LogP contribution in [0.4, 0.5) is 5.69 Å². The average Bonchev–Trinajstić information content (AvgIpc) is 3.15. The van der Waals surface area contributed by atoms with Gasteiger partial charge in [0.25, 0.3) is 5.69 Å². The van der Waals surface area contributed by atoms with E-state index in [0.29, 0.717) is 11.6 Å². The Morgan fingerprint density at radius 3 is 2.00 bits per heavy atom. The molecule has 4 rings (SSSR count). The van der Waals surface area contributed by atoms with Gasteiger partial charge in [-0.05, 0) is 24.3 Å². The van der Waals surface area contributed by atoms with Gasteiger partial charge >= 0.3 is 0 Å². The summed E-state index contributed by atoms with van der Waals surface area (Å²) in [4.78, 5) is 15.1. The van der Waals surface area contributed by atoms with Crippen LogP contribution in [0.25, 0.3) is 28.5 Å². The normalized spacial score (nSPS) is 10.6. The van der Waals surface area contributed by atoms with Crippen molar-refractivity contribution in [3.8, 4) is 28.5 Å². The number of rotatable bonds is 4. The van der Waals surface area contributed by atoms with E-state index in [1.54, 1.807) is 16.8 Å². The van der Waals surface area contributed by atoms with Gasteiger partial charge in [0.15, 0.2) is 11.6 Å². The number of para-hydroxylation sites is 1. The molecule has 0 atom stereocenters. The van der Waals surface area contributed by atoms with E-state index in [1.807, 2.05) is 60.7 Å². The molecule has 0 spiro atoms. The second kappa shape index (κ2) is 6.60. The lowest BCUT2D eigenvalue weighted by Crippen LogP contribution is -1.99. The lowest BCUT2D eigenvalue weighted by Gasteiger charge is -2.05. The van der Waals surface area contributed by atoms with E-state index in [2.05, 4.69) is 10.1 Å². The highest BCUT2D eigenvalue weighted by atomic mass is 16.6. The number of nitro benzene ring substituents is 1. The Morgan fingerprint density at radius 2 is 1.38 bits per heavy atom. The third-order valence-corrected chi connectivity index (χ3v) is 3.98. The number of hydrogen-bond acceptors (Lipinski definition) is 4. The minimum Gasteiger partial charge on any atom is -0.258 e. The average molecular weight is 342 g/mol. The summed E-state index contributed by atoms with van der Waals surface area (Å²) >= 11 is 0. The molecule has 0 saturated carbocycles. The summed E-state index contributed by atoms with van der Waals surface area (Å²) in [6, 6.07) is 25.8. The van der Waals surface area contributed by atoms with Crippen LogP contribution in [0.15, 0.2) is 84.9 Å². The van der Waals surface area contributed by atoms with E-state index >= 15 is 0 Å². The Labute approximate surface area is 149 Å². The highest BCUT2D eigenvalue weighted by molar-refractivity contribution is 5.64. The van der Waals surface area contributed by atoms with Crippen molar-refractivity contribution in [2.45, 2.75) is 0 Å². The molecular formula is C20H14N4O2. The Morgan fingerprint density at radius 1 is 0.769 bits per heavy atom. The third-order valence-electron chi connectivity index (χ3n) is 3.98. The fourth-order valence-electron chi connectivity index (χ4n) is 2.69. The van der Waals surface area contributed by atoms with Gasteiger partial charge in [-0.3, -0.25) is 10.1 Å². The minimum absolute atomic E-state index is 0.0412. The molecule has 0 amide bonds. The van der Waals surface area contributed by atoms with Crippen LogP contribution in [0.2, 0.25) is 0 Å². The van der Waals surface area contributed by atoms with E-state index in [9.17, 15) is 10.1 Å². The lowest BCUT2D eigenvalue weighted by molar-refractivity contribution is -0.384. The molecule has 0 saturated heterocycles. The predicted octanol–water partition coefficient (Wildman–Crippen LogP) is 4.51. The Balaban J connectivity index is 1.85. The Bertz CT molecular complexity index is 985. The van der Waals surface area contributed by atoms with E-state index < -0.39 is 4.92 Å². The van der Waals surface area contributed by atoms with Crippen LogP contribution < -0.4 is 0 Å². The second-order valence-electron chi connectivity index (χ2n) is 5.68. The highest BCUT2D eigenvalue weighted by Crippen LogP contribution is 2.26. The zero-order valence-corrected chi connectivity index (χ0v) is 13.7. The maximum Gasteiger partial charge on any atom is 0.269 e. The van der Waals surface area contributed by atoms with Crippen molar-refractivity contribution in [1.29, 1.82) is 0 Å². The van der Waals surface area contributed by atoms with Gasteiger partial charge in [0.2, 0.25) is 0 Å². The number of hydrogen-bond donors (Lipinski definition) is 0. The second-order valence-corrected chi connectivity index (χ2v) is 5.68. The van der Waals surface area contributed by atoms with Crippen LogP contribution in [0.1, 0.15) is 0 Å². The number of benzene rings is 3. The summed E-state index contributed by atoms with van der Waals surface area (Å²) in [6.07, 6.45) is 0. The van der Waals surface area contributed by atoms with Crippen molar-refractivity contribution >= 4 is 5.69 Å². The monoisotopic (exact) mass is 342 g/mol. The molecule has 0 unspecified atom stereocenters. The van der Waals surface area contributed by atoms with E-state index in [0.717, 1.165) is 16.8 Å². The predicted molar refractivity (Wildman–Crippen MR) is 98.9 cm³/mol. The van der Waals surface area contributed by atoms with Crippen LogP contribution in [-0.2, 0) is 0 Å². The summed E-state index contributed by atoms with van der Waals surface area (Å²) in [5, 5.41) is 15.5. The maximum atomic E-state index is 10.8. The molecule has 0 aliphatic rings. The van der Waals surface area contributed by atoms with E-state index in [4.69, 9.17) is 0 Å². The number of non-ortho nitro benzene ring substituents is 1. The zero-order chi connectivity index (χ0) is 17.9. The van der Waals surface area contributed by atoms with Crippen molar-refractivity contribution in [1.82, 2.24) is 14.8 Å². The van der Waals surface area contributed by atoms with Crippen molar-refractivity contribution in [3.63, 3.8) is 0 Å². The Kier molecular flexibility index (Phi) is 3.99. The first-order valence-corrected chi connectivity index (χ1v) is 8.05. The summed E-state index contributed by atoms with van der Waals surface area (Å²) in [5.41, 5.74) is 2.60. The molecule has 6 nitrogen and oxygen atoms in total. The van der Waals surface area contributed by atoms with E-state index in [1.165, 1.54) is 12.1 Å². The number of nitrogens with zero attached hydrogens (tertiary/aromatic N) is 4. The van der Waals surface area contributed by atoms with Crippen molar-refractivity contribution in [3.05, 3.63) is 95.0 Å². The van der Waals surface area contributed by atoms with Gasteiger partial charge in [0, 0.05) is 23.3 Å². The molecule has 126 valence electrons. The van der Waals surface area contributed by atoms with Crippen LogP contribution in [0.3, 0.4) is 0 Å². The lowest BCUT2D eigenvalue weighted by atomic mass is 10.2. The van der Waals surface area contributed by atoms with Gasteiger partial charge in [-0.15, -0.1) is 5.10 Å². The summed E-state index contributed by atoms with van der Waals surface area (Å²) in [5.74, 6) is 1.23. The molecule has 0 radical (unpaired) electrons. The molecular weight excluding hydrogens is 328 g/mol. The number of nitro groups is 1. The van der Waals surface area contributed by atoms with E-state index in [-0.39, 0.29) is 5.69 Å². The van der Waals surface area contributed by atoms with Crippen LogP contribution >= 0.6 is 0 Å². The molecule has 0 N–H and O–H groups in total. The van der Waals surface area contributed by atoms with Crippen molar-refractivity contribution in [2.75, 3.05) is 0 Å². The largest absolute Gasteiger partial charge is 0.269 e. The topological polar surface area (TPSA) is 73.8 Å². The quantitative estimate of drug-likeness (QED) is 0.404. The number of aromatic nitrogens is 3. The molecule has 1 heterocycles. The standard InChI is InChI=1S/C20H14N4O2/c25-24(26)18-13-11-15(12-14-18)19-21-20(16-7-3-1-4-8-16)23(22-19)17-9-5-2-6-10-17/h1-14H. The SMILES string of the molecule is O=[N+]([O-])c1ccc(-c2nc(-c3ccccc3)n(-c3ccccc3)n2)cc1. The third kappa shape index (κ3) is 2.95. The summed E-state index contributed by atoms with van der Waals surface area (Å²) in [6.45, 7) is 0. The molecule has 1 aromatic heterocycles. The van der Waals surface area contributed by atoms with Gasteiger partial charge in [0.1, 0.15) is 0 Å². The minimum atomic E-state index is -0.421.